The fraction of sp³-hybridized carbons (Fsp3) is 0.292. The molecule has 0 fully saturated rings. The zero-order valence-corrected chi connectivity index (χ0v) is 45.1. The second-order valence-electron chi connectivity index (χ2n) is 20.1. The predicted molar refractivity (Wildman–Crippen MR) is 302 cm³/mol. The van der Waals surface area contributed by atoms with Crippen LogP contribution in [0.4, 0.5) is 4.79 Å². The molecule has 7 aromatic rings. The van der Waals surface area contributed by atoms with Gasteiger partial charge in [-0.3, -0.25) is 9.69 Å². The highest BCUT2D eigenvalue weighted by Crippen LogP contribution is 2.45. The number of carbonyl (C=O) groups is 2. The number of amides is 1. The van der Waals surface area contributed by atoms with E-state index < -0.39 is 55.9 Å². The summed E-state index contributed by atoms with van der Waals surface area (Å²) in [4.78, 5) is 30.8. The number of carbonyl (C=O) groups excluding carboxylic acids is 2. The maximum Gasteiger partial charge on any atom is 0.410 e. The Morgan fingerprint density at radius 1 is 0.592 bits per heavy atom. The van der Waals surface area contributed by atoms with E-state index in [9.17, 15) is 9.90 Å². The predicted octanol–water partition coefficient (Wildman–Crippen LogP) is 11.4. The summed E-state index contributed by atoms with van der Waals surface area (Å²) in [5.41, 5.74) is 6.82. The molecule has 0 aliphatic heterocycles. The summed E-state index contributed by atoms with van der Waals surface area (Å²) in [6.45, 7) is 12.5. The first-order chi connectivity index (χ1) is 37.0. The number of aliphatic hydroxyl groups excluding tert-OH is 1. The quantitative estimate of drug-likeness (QED) is 0.0322. The third kappa shape index (κ3) is 13.3. The number of benzene rings is 7. The summed E-state index contributed by atoms with van der Waals surface area (Å²) in [5.74, 6) is -0.806. The van der Waals surface area contributed by atoms with Crippen LogP contribution >= 0.6 is 0 Å². The van der Waals surface area contributed by atoms with Crippen LogP contribution in [-0.2, 0) is 52.7 Å². The molecular formula is C65H71NO9Si. The summed E-state index contributed by atoms with van der Waals surface area (Å²) in [6.07, 6.45) is -4.33. The van der Waals surface area contributed by atoms with Gasteiger partial charge in [0.15, 0.2) is 0 Å². The zero-order valence-electron chi connectivity index (χ0n) is 44.1. The monoisotopic (exact) mass is 1040 g/mol. The summed E-state index contributed by atoms with van der Waals surface area (Å²) in [5, 5.41) is 14.9. The molecule has 11 heteroatoms. The topological polar surface area (TPSA) is 113 Å². The lowest BCUT2D eigenvalue weighted by molar-refractivity contribution is -0.196. The van der Waals surface area contributed by atoms with Crippen LogP contribution in [0.5, 0.6) is 0 Å². The number of aliphatic hydroxyl groups is 1. The van der Waals surface area contributed by atoms with Crippen molar-refractivity contribution in [3.8, 4) is 11.1 Å². The van der Waals surface area contributed by atoms with E-state index in [0.29, 0.717) is 0 Å². The lowest BCUT2D eigenvalue weighted by Crippen LogP contribution is -2.67. The number of fused-ring (bicyclic) bond motifs is 3. The molecule has 0 unspecified atom stereocenters. The minimum atomic E-state index is -3.23. The van der Waals surface area contributed by atoms with E-state index in [-0.39, 0.29) is 58.5 Å². The highest BCUT2D eigenvalue weighted by atomic mass is 28.4. The van der Waals surface area contributed by atoms with Gasteiger partial charge in [0, 0.05) is 12.5 Å². The first-order valence-corrected chi connectivity index (χ1v) is 28.2. The smallest absolute Gasteiger partial charge is 0.410 e. The van der Waals surface area contributed by atoms with Crippen molar-refractivity contribution in [1.29, 1.82) is 0 Å². The van der Waals surface area contributed by atoms with Crippen LogP contribution in [0.3, 0.4) is 0 Å². The van der Waals surface area contributed by atoms with E-state index >= 15 is 4.79 Å². The van der Waals surface area contributed by atoms with Gasteiger partial charge in [-0.05, 0) is 61.3 Å². The number of nitrogens with zero attached hydrogens (tertiary/aromatic N) is 1. The number of rotatable bonds is 26. The molecule has 0 bridgehead atoms. The molecule has 0 radical (unpaired) electrons. The van der Waals surface area contributed by atoms with Gasteiger partial charge in [-0.15, -0.1) is 6.58 Å². The first kappa shape index (κ1) is 55.3. The lowest BCUT2D eigenvalue weighted by atomic mass is 9.93. The maximum atomic E-state index is 15.2. The molecule has 7 aromatic carbocycles. The molecule has 76 heavy (non-hydrogen) atoms. The van der Waals surface area contributed by atoms with Gasteiger partial charge >= 0.3 is 12.1 Å². The molecule has 0 saturated carbocycles. The number of hydrogen-bond acceptors (Lipinski definition) is 9. The molecule has 394 valence electrons. The molecule has 0 spiro atoms. The minimum Gasteiger partial charge on any atom is -0.466 e. The first-order valence-electron chi connectivity index (χ1n) is 26.3. The van der Waals surface area contributed by atoms with Gasteiger partial charge in [0.25, 0.3) is 8.32 Å². The van der Waals surface area contributed by atoms with Crippen molar-refractivity contribution in [2.45, 2.75) is 95.4 Å². The van der Waals surface area contributed by atoms with Gasteiger partial charge in [-0.2, -0.15) is 0 Å². The van der Waals surface area contributed by atoms with Crippen LogP contribution in [0.25, 0.3) is 11.1 Å². The fourth-order valence-corrected chi connectivity index (χ4v) is 15.1. The molecule has 1 amide bonds. The highest BCUT2D eigenvalue weighted by molar-refractivity contribution is 6.99. The van der Waals surface area contributed by atoms with Gasteiger partial charge in [0.2, 0.25) is 0 Å². The Morgan fingerprint density at radius 2 is 1.01 bits per heavy atom. The number of hydrogen-bond donors (Lipinski definition) is 1. The Kier molecular flexibility index (Phi) is 19.4. The van der Waals surface area contributed by atoms with Gasteiger partial charge in [0.1, 0.15) is 31.0 Å². The molecule has 0 heterocycles. The molecule has 1 aliphatic carbocycles. The second kappa shape index (κ2) is 26.7. The number of esters is 1. The van der Waals surface area contributed by atoms with E-state index in [1.54, 1.807) is 13.0 Å². The average Bonchev–Trinajstić information content (AvgIpc) is 3.79. The maximum absolute atomic E-state index is 15.2. The van der Waals surface area contributed by atoms with Crippen molar-refractivity contribution in [3.05, 3.63) is 241 Å². The van der Waals surface area contributed by atoms with Gasteiger partial charge in [0.05, 0.1) is 45.5 Å². The molecule has 0 aromatic heterocycles. The van der Waals surface area contributed by atoms with Crippen LogP contribution < -0.4 is 10.4 Å². The molecule has 5 atom stereocenters. The summed E-state index contributed by atoms with van der Waals surface area (Å²) < 4.78 is 40.9. The molecule has 1 N–H and O–H groups in total. The lowest BCUT2D eigenvalue weighted by Gasteiger charge is -2.45. The minimum absolute atomic E-state index is 0.0250. The standard InChI is InChI=1S/C65H71NO9Si/c1-6-41-66(64(69)74-46-57-55-39-25-23-37-53(55)54-38-24-26-40-56(54)57)58(42-60(68)70-7-2)61(71-43-48-27-13-8-14-28-48)63(73-45-50-31-17-10-18-32-50)62(72-44-49-29-15-9-16-30-49)59(67)47-75-76(65(3,4)5,51-33-19-11-20-34-51)52-35-21-12-22-36-52/h6,8-40,57-59,61-63,67H,1,7,41-47H2,2-5H3/t58-,59+,61-,62+,63+/m0/s1. The summed E-state index contributed by atoms with van der Waals surface area (Å²) >= 11 is 0. The van der Waals surface area contributed by atoms with Crippen molar-refractivity contribution in [1.82, 2.24) is 4.90 Å². The second-order valence-corrected chi connectivity index (χ2v) is 24.5. The molecule has 1 aliphatic rings. The van der Waals surface area contributed by atoms with Crippen molar-refractivity contribution in [3.63, 3.8) is 0 Å². The Hall–Kier alpha value is -6.96. The third-order valence-electron chi connectivity index (χ3n) is 14.1. The molecule has 8 rings (SSSR count). The van der Waals surface area contributed by atoms with E-state index in [1.807, 2.05) is 152 Å². The highest BCUT2D eigenvalue weighted by Gasteiger charge is 2.52. The average molecular weight is 1040 g/mol. The van der Waals surface area contributed by atoms with Crippen LogP contribution in [0.15, 0.2) is 213 Å². The normalized spacial score (nSPS) is 14.3. The van der Waals surface area contributed by atoms with Crippen molar-refractivity contribution < 1.29 is 42.8 Å². The Labute approximate surface area is 450 Å². The third-order valence-corrected chi connectivity index (χ3v) is 19.1. The van der Waals surface area contributed by atoms with Gasteiger partial charge in [-0.1, -0.05) is 227 Å². The largest absolute Gasteiger partial charge is 0.466 e. The summed E-state index contributed by atoms with van der Waals surface area (Å²) in [7, 11) is -3.23. The van der Waals surface area contributed by atoms with E-state index in [0.717, 1.165) is 49.3 Å². The number of ether oxygens (including phenoxy) is 5. The summed E-state index contributed by atoms with van der Waals surface area (Å²) in [6, 6.07) is 64.8. The molecular weight excluding hydrogens is 967 g/mol. The van der Waals surface area contributed by atoms with Crippen molar-refractivity contribution >= 4 is 30.8 Å². The Bertz CT molecular complexity index is 2820. The van der Waals surface area contributed by atoms with E-state index in [1.165, 1.54) is 4.90 Å². The van der Waals surface area contributed by atoms with Crippen LogP contribution in [0.1, 0.15) is 67.9 Å². The van der Waals surface area contributed by atoms with Crippen molar-refractivity contribution in [2.24, 2.45) is 0 Å². The molecule has 0 saturated heterocycles. The zero-order chi connectivity index (χ0) is 53.3. The van der Waals surface area contributed by atoms with Crippen molar-refractivity contribution in [2.75, 3.05) is 26.4 Å². The molecule has 10 nitrogen and oxygen atoms in total. The van der Waals surface area contributed by atoms with Crippen LogP contribution in [0.2, 0.25) is 5.04 Å². The SMILES string of the molecule is C=CCN(C(=O)OCC1c2ccccc2-c2ccccc21)[C@@H](CC(=O)OCC)[C@H](OCc1ccccc1)[C@@H](OCc1ccccc1)[C@H](OCc1ccccc1)[C@H](O)CO[Si](c1ccccc1)(c1ccccc1)C(C)(C)C. The van der Waals surface area contributed by atoms with Gasteiger partial charge in [-0.25, -0.2) is 4.79 Å². The Morgan fingerprint density at radius 3 is 1.46 bits per heavy atom. The van der Waals surface area contributed by atoms with E-state index in [4.69, 9.17) is 28.1 Å². The van der Waals surface area contributed by atoms with Crippen LogP contribution in [0, 0.1) is 0 Å². The fourth-order valence-electron chi connectivity index (χ4n) is 10.5. The van der Waals surface area contributed by atoms with Gasteiger partial charge < -0.3 is 33.2 Å². The Balaban J connectivity index is 1.24. The van der Waals surface area contributed by atoms with E-state index in [2.05, 4.69) is 75.9 Å². The van der Waals surface area contributed by atoms with Crippen LogP contribution in [-0.4, -0.2) is 87.2 Å².